The molecular formula is C28H35BF3NO8. The number of rotatable bonds is 9. The first-order valence-corrected chi connectivity index (χ1v) is 12.9. The summed E-state index contributed by atoms with van der Waals surface area (Å²) < 4.78 is 70.7. The molecule has 1 atom stereocenters. The summed E-state index contributed by atoms with van der Waals surface area (Å²) in [5.41, 5.74) is -2.05. The SMILES string of the molecule is COc1ccc(COc2c(C[C@H](NC(=O)OC(C)(C)C)C(=O)O)ccc(C(F)(F)F)c2B2OCC(C)(C)CO2)cc1. The van der Waals surface area contributed by atoms with Gasteiger partial charge in [0.2, 0.25) is 0 Å². The maximum absolute atomic E-state index is 14.3. The number of ether oxygens (including phenoxy) is 3. The second-order valence-corrected chi connectivity index (χ2v) is 11.5. The van der Waals surface area contributed by atoms with Gasteiger partial charge < -0.3 is 33.9 Å². The standard InChI is InChI=1S/C28H35BF3NO8/c1-26(2,3)41-25(36)33-21(24(34)35)13-18-9-12-20(28(30,31)32)22(29-39-15-27(4,5)16-40-29)23(18)38-14-17-7-10-19(37-6)11-8-17/h7-12,21H,13-16H2,1-6H3,(H,33,36)(H,34,35)/t21-/m0/s1. The Labute approximate surface area is 237 Å². The second kappa shape index (κ2) is 12.6. The van der Waals surface area contributed by atoms with Crippen molar-refractivity contribution < 1.29 is 51.4 Å². The first kappa shape index (κ1) is 32.1. The molecule has 1 heterocycles. The third kappa shape index (κ3) is 9.02. The Hall–Kier alpha value is -3.45. The minimum absolute atomic E-state index is 0.0991. The van der Waals surface area contributed by atoms with Crippen LogP contribution in [0.3, 0.4) is 0 Å². The number of benzene rings is 2. The summed E-state index contributed by atoms with van der Waals surface area (Å²) in [5, 5.41) is 12.1. The van der Waals surface area contributed by atoms with Gasteiger partial charge in [-0.05, 0) is 50.1 Å². The zero-order valence-corrected chi connectivity index (χ0v) is 23.9. The van der Waals surface area contributed by atoms with Gasteiger partial charge in [-0.15, -0.1) is 0 Å². The van der Waals surface area contributed by atoms with Crippen molar-refractivity contribution in [3.05, 3.63) is 53.1 Å². The highest BCUT2D eigenvalue weighted by molar-refractivity contribution is 6.63. The highest BCUT2D eigenvalue weighted by atomic mass is 19.4. The summed E-state index contributed by atoms with van der Waals surface area (Å²) >= 11 is 0. The summed E-state index contributed by atoms with van der Waals surface area (Å²) in [7, 11) is 0.0788. The summed E-state index contributed by atoms with van der Waals surface area (Å²) in [6.07, 6.45) is -6.19. The van der Waals surface area contributed by atoms with Crippen molar-refractivity contribution in [3.63, 3.8) is 0 Å². The molecule has 1 aliphatic heterocycles. The van der Waals surface area contributed by atoms with Crippen molar-refractivity contribution in [3.8, 4) is 11.5 Å². The van der Waals surface area contributed by atoms with Crippen LogP contribution in [0.1, 0.15) is 51.3 Å². The summed E-state index contributed by atoms with van der Waals surface area (Å²) in [6, 6.07) is 7.15. The van der Waals surface area contributed by atoms with Gasteiger partial charge in [-0.2, -0.15) is 13.2 Å². The topological polar surface area (TPSA) is 113 Å². The van der Waals surface area contributed by atoms with Crippen molar-refractivity contribution in [1.82, 2.24) is 5.32 Å². The van der Waals surface area contributed by atoms with Crippen LogP contribution in [0.15, 0.2) is 36.4 Å². The van der Waals surface area contributed by atoms with Gasteiger partial charge in [0.15, 0.2) is 0 Å². The number of carboxylic acids is 1. The van der Waals surface area contributed by atoms with Gasteiger partial charge in [-0.3, -0.25) is 0 Å². The lowest BCUT2D eigenvalue weighted by atomic mass is 9.71. The van der Waals surface area contributed by atoms with E-state index in [2.05, 4.69) is 5.32 Å². The van der Waals surface area contributed by atoms with E-state index in [1.807, 2.05) is 13.8 Å². The fourth-order valence-corrected chi connectivity index (χ4v) is 4.06. The summed E-state index contributed by atoms with van der Waals surface area (Å²) in [6.45, 7) is 8.63. The molecule has 0 unspecified atom stereocenters. The van der Waals surface area contributed by atoms with Crippen molar-refractivity contribution in [2.45, 2.75) is 65.5 Å². The second-order valence-electron chi connectivity index (χ2n) is 11.5. The highest BCUT2D eigenvalue weighted by Gasteiger charge is 2.44. The lowest BCUT2D eigenvalue weighted by Crippen LogP contribution is -2.50. The molecule has 2 aromatic rings. The number of carbonyl (C=O) groups is 2. The Balaban J connectivity index is 2.07. The van der Waals surface area contributed by atoms with Gasteiger partial charge in [0.25, 0.3) is 0 Å². The number of aliphatic carboxylic acids is 1. The number of alkyl carbamates (subject to hydrolysis) is 1. The number of hydrogen-bond acceptors (Lipinski definition) is 7. The molecular weight excluding hydrogens is 546 g/mol. The van der Waals surface area contributed by atoms with Crippen LogP contribution in [-0.2, 0) is 38.0 Å². The Kier molecular flexibility index (Phi) is 9.86. The van der Waals surface area contributed by atoms with E-state index in [1.165, 1.54) is 7.11 Å². The first-order valence-electron chi connectivity index (χ1n) is 12.9. The fourth-order valence-electron chi connectivity index (χ4n) is 4.06. The van der Waals surface area contributed by atoms with Crippen LogP contribution >= 0.6 is 0 Å². The molecule has 0 saturated carbocycles. The van der Waals surface area contributed by atoms with Crippen molar-refractivity contribution in [2.75, 3.05) is 20.3 Å². The van der Waals surface area contributed by atoms with E-state index < -0.39 is 59.9 Å². The molecule has 2 aromatic carbocycles. The Bertz CT molecular complexity index is 1220. The summed E-state index contributed by atoms with van der Waals surface area (Å²) in [4.78, 5) is 24.4. The number of carboxylic acid groups (broad SMARTS) is 1. The van der Waals surface area contributed by atoms with E-state index in [-0.39, 0.29) is 31.1 Å². The summed E-state index contributed by atoms with van der Waals surface area (Å²) in [5.74, 6) is -1.07. The predicted octanol–water partition coefficient (Wildman–Crippen LogP) is 4.58. The van der Waals surface area contributed by atoms with E-state index in [0.29, 0.717) is 11.3 Å². The molecule has 13 heteroatoms. The quantitative estimate of drug-likeness (QED) is 0.414. The van der Waals surface area contributed by atoms with E-state index in [1.54, 1.807) is 45.0 Å². The van der Waals surface area contributed by atoms with Gasteiger partial charge >= 0.3 is 25.4 Å². The number of alkyl halides is 3. The smallest absolute Gasteiger partial charge is 0.497 e. The minimum atomic E-state index is -4.80. The Morgan fingerprint density at radius 3 is 2.20 bits per heavy atom. The van der Waals surface area contributed by atoms with Crippen LogP contribution in [0, 0.1) is 5.41 Å². The zero-order chi connectivity index (χ0) is 30.6. The third-order valence-electron chi connectivity index (χ3n) is 6.02. The molecule has 0 radical (unpaired) electrons. The number of carbonyl (C=O) groups excluding carboxylic acids is 1. The van der Waals surface area contributed by atoms with E-state index in [0.717, 1.165) is 12.1 Å². The van der Waals surface area contributed by atoms with Crippen LogP contribution in [0.25, 0.3) is 0 Å². The van der Waals surface area contributed by atoms with E-state index >= 15 is 0 Å². The van der Waals surface area contributed by atoms with Gasteiger partial charge in [0, 0.05) is 30.5 Å². The molecule has 3 rings (SSSR count). The minimum Gasteiger partial charge on any atom is -0.497 e. The Morgan fingerprint density at radius 1 is 1.07 bits per heavy atom. The molecule has 0 aliphatic carbocycles. The van der Waals surface area contributed by atoms with Gasteiger partial charge in [-0.1, -0.05) is 32.0 Å². The van der Waals surface area contributed by atoms with Crippen molar-refractivity contribution in [2.24, 2.45) is 5.41 Å². The molecule has 41 heavy (non-hydrogen) atoms. The first-order chi connectivity index (χ1) is 19.0. The molecule has 9 nitrogen and oxygen atoms in total. The Morgan fingerprint density at radius 2 is 1.68 bits per heavy atom. The fraction of sp³-hybridized carbons (Fsp3) is 0.500. The number of amides is 1. The molecule has 2 N–H and O–H groups in total. The predicted molar refractivity (Wildman–Crippen MR) is 144 cm³/mol. The van der Waals surface area contributed by atoms with Crippen LogP contribution in [0.2, 0.25) is 0 Å². The lowest BCUT2D eigenvalue weighted by molar-refractivity contribution is -0.139. The van der Waals surface area contributed by atoms with E-state index in [9.17, 15) is 27.9 Å². The highest BCUT2D eigenvalue weighted by Crippen LogP contribution is 2.35. The number of nitrogens with one attached hydrogen (secondary N) is 1. The monoisotopic (exact) mass is 581 g/mol. The van der Waals surface area contributed by atoms with Crippen molar-refractivity contribution in [1.29, 1.82) is 0 Å². The molecule has 0 spiro atoms. The molecule has 224 valence electrons. The number of hydrogen-bond donors (Lipinski definition) is 2. The molecule has 1 saturated heterocycles. The average molecular weight is 581 g/mol. The maximum Gasteiger partial charge on any atom is 0.498 e. The maximum atomic E-state index is 14.3. The third-order valence-corrected chi connectivity index (χ3v) is 6.02. The molecule has 1 amide bonds. The molecule has 0 bridgehead atoms. The normalized spacial score (nSPS) is 16.1. The van der Waals surface area contributed by atoms with Gasteiger partial charge in [-0.25, -0.2) is 9.59 Å². The van der Waals surface area contributed by atoms with Crippen LogP contribution in [0.5, 0.6) is 11.5 Å². The van der Waals surface area contributed by atoms with E-state index in [4.69, 9.17) is 23.5 Å². The number of methoxy groups -OCH3 is 1. The van der Waals surface area contributed by atoms with Crippen LogP contribution < -0.4 is 20.3 Å². The molecule has 0 aromatic heterocycles. The van der Waals surface area contributed by atoms with Gasteiger partial charge in [0.1, 0.15) is 29.7 Å². The zero-order valence-electron chi connectivity index (χ0n) is 23.9. The number of halogens is 3. The average Bonchev–Trinajstić information content (AvgIpc) is 2.85. The van der Waals surface area contributed by atoms with Crippen molar-refractivity contribution >= 4 is 24.6 Å². The van der Waals surface area contributed by atoms with Crippen LogP contribution in [0.4, 0.5) is 18.0 Å². The lowest BCUT2D eigenvalue weighted by Gasteiger charge is -2.34. The largest absolute Gasteiger partial charge is 0.498 e. The van der Waals surface area contributed by atoms with Crippen LogP contribution in [-0.4, -0.2) is 56.3 Å². The molecule has 1 aliphatic rings. The van der Waals surface area contributed by atoms with Gasteiger partial charge in [0.05, 0.1) is 12.7 Å². The molecule has 1 fully saturated rings.